The lowest BCUT2D eigenvalue weighted by Crippen LogP contribution is -2.36. The number of methoxy groups -OCH3 is 1. The predicted molar refractivity (Wildman–Crippen MR) is 84.1 cm³/mol. The fraction of sp³-hybridized carbons (Fsp3) is 0.562. The first-order chi connectivity index (χ1) is 10.5. The molecule has 22 heavy (non-hydrogen) atoms. The Hall–Kier alpha value is -1.79. The van der Waals surface area contributed by atoms with E-state index in [2.05, 4.69) is 17.6 Å². The van der Waals surface area contributed by atoms with Crippen LogP contribution in [0.1, 0.15) is 20.3 Å². The number of carbonyl (C=O) groups excluding carboxylic acids is 1. The van der Waals surface area contributed by atoms with Gasteiger partial charge in [-0.3, -0.25) is 0 Å². The van der Waals surface area contributed by atoms with Gasteiger partial charge in [0.15, 0.2) is 5.79 Å². The van der Waals surface area contributed by atoms with Crippen LogP contribution in [0.2, 0.25) is 0 Å². The van der Waals surface area contributed by atoms with Gasteiger partial charge in [-0.25, -0.2) is 4.79 Å². The molecule has 2 rings (SSSR count). The third-order valence-electron chi connectivity index (χ3n) is 3.58. The van der Waals surface area contributed by atoms with E-state index in [0.29, 0.717) is 19.8 Å². The lowest BCUT2D eigenvalue weighted by Gasteiger charge is -2.26. The van der Waals surface area contributed by atoms with Crippen molar-refractivity contribution < 1.29 is 19.0 Å². The number of nitrogens with one attached hydrogen (secondary N) is 2. The van der Waals surface area contributed by atoms with E-state index in [9.17, 15) is 4.79 Å². The Morgan fingerprint density at radius 1 is 1.32 bits per heavy atom. The number of rotatable bonds is 6. The average Bonchev–Trinajstić information content (AvgIpc) is 2.92. The maximum Gasteiger partial charge on any atom is 0.319 e. The van der Waals surface area contributed by atoms with Crippen LogP contribution in [-0.2, 0) is 9.47 Å². The van der Waals surface area contributed by atoms with Gasteiger partial charge < -0.3 is 24.8 Å². The van der Waals surface area contributed by atoms with Crippen LogP contribution in [-0.4, -0.2) is 38.7 Å². The highest BCUT2D eigenvalue weighted by atomic mass is 16.7. The Balaban J connectivity index is 1.72. The van der Waals surface area contributed by atoms with Crippen molar-refractivity contribution in [2.45, 2.75) is 26.1 Å². The molecule has 122 valence electrons. The first-order valence-electron chi connectivity index (χ1n) is 7.47. The zero-order chi connectivity index (χ0) is 16.0. The molecular formula is C16H24N2O4. The van der Waals surface area contributed by atoms with Gasteiger partial charge in [0.2, 0.25) is 0 Å². The second-order valence-corrected chi connectivity index (χ2v) is 5.70. The summed E-state index contributed by atoms with van der Waals surface area (Å²) in [5.74, 6) is 0.488. The zero-order valence-electron chi connectivity index (χ0n) is 13.3. The smallest absolute Gasteiger partial charge is 0.319 e. The molecule has 1 aliphatic heterocycles. The molecule has 0 saturated carbocycles. The van der Waals surface area contributed by atoms with E-state index >= 15 is 0 Å². The van der Waals surface area contributed by atoms with Gasteiger partial charge in [-0.15, -0.1) is 0 Å². The summed E-state index contributed by atoms with van der Waals surface area (Å²) in [6, 6.07) is 6.96. The quantitative estimate of drug-likeness (QED) is 0.847. The first-order valence-corrected chi connectivity index (χ1v) is 7.47. The van der Waals surface area contributed by atoms with E-state index in [0.717, 1.165) is 17.9 Å². The van der Waals surface area contributed by atoms with Crippen molar-refractivity contribution >= 4 is 11.7 Å². The van der Waals surface area contributed by atoms with Crippen LogP contribution in [0.3, 0.4) is 0 Å². The van der Waals surface area contributed by atoms with Gasteiger partial charge in [-0.1, -0.05) is 6.92 Å². The Kier molecular flexibility index (Phi) is 5.63. The number of urea groups is 1. The summed E-state index contributed by atoms with van der Waals surface area (Å²) in [4.78, 5) is 11.9. The van der Waals surface area contributed by atoms with Crippen molar-refractivity contribution in [2.75, 3.05) is 32.2 Å². The number of benzene rings is 1. The van der Waals surface area contributed by atoms with Crippen molar-refractivity contribution in [3.8, 4) is 5.75 Å². The van der Waals surface area contributed by atoms with Gasteiger partial charge in [0.1, 0.15) is 5.75 Å². The molecule has 1 aromatic rings. The van der Waals surface area contributed by atoms with Crippen molar-refractivity contribution in [3.05, 3.63) is 24.3 Å². The molecule has 0 aromatic heterocycles. The summed E-state index contributed by atoms with van der Waals surface area (Å²) in [5.41, 5.74) is 0.723. The molecule has 2 N–H and O–H groups in total. The SMILES string of the molecule is COc1ccc(NC(=O)NC[C@H](C)CC2(C)OCCO2)cc1. The molecule has 0 bridgehead atoms. The Morgan fingerprint density at radius 3 is 2.55 bits per heavy atom. The number of hydrogen-bond acceptors (Lipinski definition) is 4. The molecule has 1 atom stereocenters. The zero-order valence-corrected chi connectivity index (χ0v) is 13.3. The number of anilines is 1. The molecule has 0 aliphatic carbocycles. The number of carbonyl (C=O) groups is 1. The molecule has 1 fully saturated rings. The molecule has 1 aliphatic rings. The highest BCUT2D eigenvalue weighted by molar-refractivity contribution is 5.89. The van der Waals surface area contributed by atoms with Gasteiger partial charge in [0.05, 0.1) is 20.3 Å². The van der Waals surface area contributed by atoms with Crippen molar-refractivity contribution in [2.24, 2.45) is 5.92 Å². The van der Waals surface area contributed by atoms with Crippen LogP contribution in [0.4, 0.5) is 10.5 Å². The largest absolute Gasteiger partial charge is 0.497 e. The van der Waals surface area contributed by atoms with Gasteiger partial charge in [-0.2, -0.15) is 0 Å². The number of hydrogen-bond donors (Lipinski definition) is 2. The molecule has 0 unspecified atom stereocenters. The Bertz CT molecular complexity index is 483. The normalized spacial score (nSPS) is 17.8. The minimum Gasteiger partial charge on any atom is -0.497 e. The van der Waals surface area contributed by atoms with Crippen LogP contribution in [0.5, 0.6) is 5.75 Å². The lowest BCUT2D eigenvalue weighted by atomic mass is 10.0. The highest BCUT2D eigenvalue weighted by Crippen LogP contribution is 2.26. The van der Waals surface area contributed by atoms with Gasteiger partial charge >= 0.3 is 6.03 Å². The summed E-state index contributed by atoms with van der Waals surface area (Å²) in [6.45, 7) is 5.82. The summed E-state index contributed by atoms with van der Waals surface area (Å²) < 4.78 is 16.2. The van der Waals surface area contributed by atoms with Crippen LogP contribution >= 0.6 is 0 Å². The van der Waals surface area contributed by atoms with E-state index in [4.69, 9.17) is 14.2 Å². The first kappa shape index (κ1) is 16.6. The fourth-order valence-corrected chi connectivity index (χ4v) is 2.50. The summed E-state index contributed by atoms with van der Waals surface area (Å²) in [5, 5.41) is 5.64. The van der Waals surface area contributed by atoms with Crippen molar-refractivity contribution in [3.63, 3.8) is 0 Å². The van der Waals surface area contributed by atoms with E-state index in [1.165, 1.54) is 0 Å². The van der Waals surface area contributed by atoms with Crippen molar-refractivity contribution in [1.29, 1.82) is 0 Å². The maximum absolute atomic E-state index is 11.9. The van der Waals surface area contributed by atoms with Gasteiger partial charge in [-0.05, 0) is 37.1 Å². The minimum atomic E-state index is -0.520. The third kappa shape index (κ3) is 4.89. The second-order valence-electron chi connectivity index (χ2n) is 5.70. The topological polar surface area (TPSA) is 68.8 Å². The molecular weight excluding hydrogens is 284 g/mol. The van der Waals surface area contributed by atoms with Gasteiger partial charge in [0.25, 0.3) is 0 Å². The molecule has 2 amide bonds. The van der Waals surface area contributed by atoms with Crippen LogP contribution < -0.4 is 15.4 Å². The van der Waals surface area contributed by atoms with E-state index in [1.54, 1.807) is 31.4 Å². The van der Waals surface area contributed by atoms with Crippen LogP contribution in [0.15, 0.2) is 24.3 Å². The predicted octanol–water partition coefficient (Wildman–Crippen LogP) is 2.61. The van der Waals surface area contributed by atoms with Gasteiger partial charge in [0, 0.05) is 18.7 Å². The summed E-state index contributed by atoms with van der Waals surface area (Å²) in [6.07, 6.45) is 0.746. The molecule has 6 heteroatoms. The van der Waals surface area contributed by atoms with E-state index in [1.807, 2.05) is 6.92 Å². The standard InChI is InChI=1S/C16H24N2O4/c1-12(10-16(2)21-8-9-22-16)11-17-15(19)18-13-4-6-14(20-3)7-5-13/h4-7,12H,8-11H2,1-3H3,(H2,17,18,19)/t12-/m1/s1. The van der Waals surface area contributed by atoms with E-state index in [-0.39, 0.29) is 11.9 Å². The van der Waals surface area contributed by atoms with Crippen LogP contribution in [0, 0.1) is 5.92 Å². The summed E-state index contributed by atoms with van der Waals surface area (Å²) in [7, 11) is 1.61. The maximum atomic E-state index is 11.9. The van der Waals surface area contributed by atoms with E-state index < -0.39 is 5.79 Å². The van der Waals surface area contributed by atoms with Crippen LogP contribution in [0.25, 0.3) is 0 Å². The fourth-order valence-electron chi connectivity index (χ4n) is 2.50. The Morgan fingerprint density at radius 2 is 1.95 bits per heavy atom. The highest BCUT2D eigenvalue weighted by Gasteiger charge is 2.32. The second kappa shape index (κ2) is 7.47. The molecule has 1 heterocycles. The lowest BCUT2D eigenvalue weighted by molar-refractivity contribution is -0.153. The average molecular weight is 308 g/mol. The minimum absolute atomic E-state index is 0.226. The molecule has 6 nitrogen and oxygen atoms in total. The summed E-state index contributed by atoms with van der Waals surface area (Å²) >= 11 is 0. The van der Waals surface area contributed by atoms with Crippen molar-refractivity contribution in [1.82, 2.24) is 5.32 Å². The number of ether oxygens (including phenoxy) is 3. The molecule has 1 aromatic carbocycles. The number of amides is 2. The molecule has 0 radical (unpaired) electrons. The molecule has 1 saturated heterocycles. The Labute approximate surface area is 131 Å². The monoisotopic (exact) mass is 308 g/mol. The third-order valence-corrected chi connectivity index (χ3v) is 3.58. The molecule has 0 spiro atoms.